The average Bonchev–Trinajstić information content (AvgIpc) is 2.59. The maximum atomic E-state index is 11.2. The van der Waals surface area contributed by atoms with E-state index in [-0.39, 0.29) is 0 Å². The van der Waals surface area contributed by atoms with Crippen LogP contribution in [0.5, 0.6) is 0 Å². The van der Waals surface area contributed by atoms with Gasteiger partial charge in [0.15, 0.2) is 0 Å². The summed E-state index contributed by atoms with van der Waals surface area (Å²) in [6, 6.07) is 1.68. The number of ether oxygens (including phenoxy) is 1. The molecule has 0 N–H and O–H groups in total. The lowest BCUT2D eigenvalue weighted by molar-refractivity contribution is 0.0594. The van der Waals surface area contributed by atoms with Gasteiger partial charge in [-0.25, -0.2) is 9.78 Å². The summed E-state index contributed by atoms with van der Waals surface area (Å²) in [4.78, 5) is 15.1. The number of thiophene rings is 1. The van der Waals surface area contributed by atoms with Gasteiger partial charge in [-0.2, -0.15) is 0 Å². The summed E-state index contributed by atoms with van der Waals surface area (Å²) >= 11 is 7.37. The Kier molecular flexibility index (Phi) is 2.39. The maximum Gasteiger partial charge on any atom is 0.356 e. The van der Waals surface area contributed by atoms with Crippen LogP contribution in [0.1, 0.15) is 10.5 Å². The summed E-state index contributed by atoms with van der Waals surface area (Å²) in [5.41, 5.74) is 0.304. The third-order valence-corrected chi connectivity index (χ3v) is 3.19. The van der Waals surface area contributed by atoms with Gasteiger partial charge < -0.3 is 4.74 Å². The fourth-order valence-electron chi connectivity index (χ4n) is 1.11. The second kappa shape index (κ2) is 3.55. The monoisotopic (exact) mass is 227 g/mol. The van der Waals surface area contributed by atoms with E-state index in [1.165, 1.54) is 18.4 Å². The summed E-state index contributed by atoms with van der Waals surface area (Å²) < 4.78 is 5.50. The molecule has 72 valence electrons. The lowest BCUT2D eigenvalue weighted by Crippen LogP contribution is -2.02. The number of halogens is 1. The van der Waals surface area contributed by atoms with Crippen molar-refractivity contribution < 1.29 is 9.53 Å². The molecular weight excluding hydrogens is 222 g/mol. The highest BCUT2D eigenvalue weighted by Crippen LogP contribution is 2.29. The van der Waals surface area contributed by atoms with Gasteiger partial charge in [0, 0.05) is 21.7 Å². The van der Waals surface area contributed by atoms with Crippen molar-refractivity contribution >= 4 is 39.0 Å². The molecule has 2 rings (SSSR count). The Morgan fingerprint density at radius 2 is 2.43 bits per heavy atom. The molecule has 0 aliphatic heterocycles. The molecule has 0 saturated heterocycles. The van der Waals surface area contributed by atoms with Gasteiger partial charge in [-0.15, -0.1) is 11.3 Å². The topological polar surface area (TPSA) is 39.2 Å². The molecule has 0 saturated carbocycles. The molecule has 0 atom stereocenters. The van der Waals surface area contributed by atoms with Crippen molar-refractivity contribution in [2.45, 2.75) is 0 Å². The minimum atomic E-state index is -0.434. The number of carbonyl (C=O) groups is 1. The molecule has 0 amide bonds. The highest BCUT2D eigenvalue weighted by Gasteiger charge is 2.09. The number of hydrogen-bond acceptors (Lipinski definition) is 4. The first-order valence-corrected chi connectivity index (χ1v) is 5.09. The Bertz CT molecular complexity index is 495. The van der Waals surface area contributed by atoms with Crippen LogP contribution in [0, 0.1) is 0 Å². The fourth-order valence-corrected chi connectivity index (χ4v) is 2.28. The highest BCUT2D eigenvalue weighted by atomic mass is 35.5. The van der Waals surface area contributed by atoms with E-state index in [1.54, 1.807) is 12.3 Å². The van der Waals surface area contributed by atoms with Crippen LogP contribution in [0.15, 0.2) is 17.6 Å². The van der Waals surface area contributed by atoms with E-state index in [4.69, 9.17) is 11.6 Å². The van der Waals surface area contributed by atoms with E-state index in [1.807, 2.05) is 5.38 Å². The third-order valence-electron chi connectivity index (χ3n) is 1.81. The largest absolute Gasteiger partial charge is 0.464 e. The summed E-state index contributed by atoms with van der Waals surface area (Å²) in [7, 11) is 1.33. The average molecular weight is 228 g/mol. The zero-order chi connectivity index (χ0) is 10.1. The molecule has 0 aromatic carbocycles. The molecule has 2 aromatic rings. The maximum absolute atomic E-state index is 11.2. The predicted molar refractivity (Wildman–Crippen MR) is 56.0 cm³/mol. The Labute approximate surface area is 89.3 Å². The van der Waals surface area contributed by atoms with Gasteiger partial charge in [0.1, 0.15) is 5.69 Å². The predicted octanol–water partition coefficient (Wildman–Crippen LogP) is 2.74. The van der Waals surface area contributed by atoms with Crippen LogP contribution in [-0.4, -0.2) is 18.1 Å². The first kappa shape index (κ1) is 9.43. The summed E-state index contributed by atoms with van der Waals surface area (Å²) in [5.74, 6) is -0.434. The lowest BCUT2D eigenvalue weighted by atomic mass is 10.3. The lowest BCUT2D eigenvalue weighted by Gasteiger charge is -1.97. The van der Waals surface area contributed by atoms with Crippen LogP contribution in [0.2, 0.25) is 5.02 Å². The number of hydrogen-bond donors (Lipinski definition) is 0. The minimum absolute atomic E-state index is 0.304. The molecule has 0 radical (unpaired) electrons. The van der Waals surface area contributed by atoms with E-state index >= 15 is 0 Å². The summed E-state index contributed by atoms with van der Waals surface area (Å²) in [6.07, 6.45) is 1.58. The van der Waals surface area contributed by atoms with Gasteiger partial charge >= 0.3 is 5.97 Å². The van der Waals surface area contributed by atoms with Crippen molar-refractivity contribution in [1.29, 1.82) is 0 Å². The Hall–Kier alpha value is -1.13. The van der Waals surface area contributed by atoms with E-state index in [9.17, 15) is 4.79 Å². The van der Waals surface area contributed by atoms with Crippen molar-refractivity contribution in [2.75, 3.05) is 7.11 Å². The van der Waals surface area contributed by atoms with E-state index in [0.717, 1.165) is 10.1 Å². The molecule has 0 bridgehead atoms. The molecule has 3 nitrogen and oxygen atoms in total. The molecule has 5 heteroatoms. The highest BCUT2D eigenvalue weighted by molar-refractivity contribution is 7.17. The van der Waals surface area contributed by atoms with Crippen molar-refractivity contribution in [3.63, 3.8) is 0 Å². The minimum Gasteiger partial charge on any atom is -0.464 e. The third kappa shape index (κ3) is 1.47. The normalized spacial score (nSPS) is 10.4. The van der Waals surface area contributed by atoms with Gasteiger partial charge in [0.05, 0.1) is 12.1 Å². The number of carbonyl (C=O) groups excluding carboxylic acids is 1. The van der Waals surface area contributed by atoms with Crippen LogP contribution < -0.4 is 0 Å². The summed E-state index contributed by atoms with van der Waals surface area (Å²) in [6.45, 7) is 0. The molecule has 0 aliphatic rings. The second-order valence-electron chi connectivity index (χ2n) is 2.64. The number of methoxy groups -OCH3 is 1. The van der Waals surface area contributed by atoms with E-state index in [0.29, 0.717) is 10.7 Å². The Morgan fingerprint density at radius 3 is 3.14 bits per heavy atom. The van der Waals surface area contributed by atoms with E-state index in [2.05, 4.69) is 9.72 Å². The fraction of sp³-hybridized carbons (Fsp3) is 0.111. The number of aromatic nitrogens is 1. The van der Waals surface area contributed by atoms with E-state index < -0.39 is 5.97 Å². The molecule has 0 aliphatic carbocycles. The molecule has 0 spiro atoms. The van der Waals surface area contributed by atoms with Crippen molar-refractivity contribution in [2.24, 2.45) is 0 Å². The molecule has 0 unspecified atom stereocenters. The molecule has 0 fully saturated rings. The molecule has 14 heavy (non-hydrogen) atoms. The van der Waals surface area contributed by atoms with Gasteiger partial charge in [-0.3, -0.25) is 0 Å². The second-order valence-corrected chi connectivity index (χ2v) is 3.96. The molecule has 2 aromatic heterocycles. The number of nitrogens with zero attached hydrogens (tertiary/aromatic N) is 1. The van der Waals surface area contributed by atoms with Crippen LogP contribution in [0.4, 0.5) is 0 Å². The first-order chi connectivity index (χ1) is 6.72. The number of pyridine rings is 1. The number of esters is 1. The van der Waals surface area contributed by atoms with Gasteiger partial charge in [-0.1, -0.05) is 11.6 Å². The number of rotatable bonds is 1. The zero-order valence-corrected chi connectivity index (χ0v) is 8.85. The van der Waals surface area contributed by atoms with Crippen molar-refractivity contribution in [1.82, 2.24) is 4.98 Å². The van der Waals surface area contributed by atoms with Crippen LogP contribution in [0.25, 0.3) is 10.1 Å². The van der Waals surface area contributed by atoms with Gasteiger partial charge in [0.2, 0.25) is 0 Å². The molecule has 2 heterocycles. The smallest absolute Gasteiger partial charge is 0.356 e. The quantitative estimate of drug-likeness (QED) is 0.704. The Morgan fingerprint density at radius 1 is 1.64 bits per heavy atom. The van der Waals surface area contributed by atoms with Crippen LogP contribution in [0.3, 0.4) is 0 Å². The zero-order valence-electron chi connectivity index (χ0n) is 7.28. The van der Waals surface area contributed by atoms with Gasteiger partial charge in [-0.05, 0) is 6.07 Å². The summed E-state index contributed by atoms with van der Waals surface area (Å²) in [5, 5.41) is 3.34. The first-order valence-electron chi connectivity index (χ1n) is 3.83. The molecular formula is C9H6ClNO2S. The van der Waals surface area contributed by atoms with Crippen molar-refractivity contribution in [3.8, 4) is 0 Å². The van der Waals surface area contributed by atoms with Crippen LogP contribution in [-0.2, 0) is 4.74 Å². The van der Waals surface area contributed by atoms with Crippen molar-refractivity contribution in [3.05, 3.63) is 28.4 Å². The Balaban J connectivity index is 2.57. The standard InChI is InChI=1S/C9H6ClNO2S/c1-13-9(12)7-2-8-5(3-11-7)6(10)4-14-8/h2-4H,1H3. The number of fused-ring (bicyclic) bond motifs is 1. The SMILES string of the molecule is COC(=O)c1cc2scc(Cl)c2cn1. The van der Waals surface area contributed by atoms with Crippen LogP contribution >= 0.6 is 22.9 Å². The van der Waals surface area contributed by atoms with Gasteiger partial charge in [0.25, 0.3) is 0 Å².